The van der Waals surface area contributed by atoms with Crippen LogP contribution in [0.25, 0.3) is 27.5 Å². The van der Waals surface area contributed by atoms with Gasteiger partial charge in [-0.3, -0.25) is 4.79 Å². The lowest BCUT2D eigenvalue weighted by atomic mass is 10.1. The van der Waals surface area contributed by atoms with Crippen molar-refractivity contribution in [2.75, 3.05) is 12.4 Å². The summed E-state index contributed by atoms with van der Waals surface area (Å²) in [6, 6.07) is 20.8. The van der Waals surface area contributed by atoms with Gasteiger partial charge >= 0.3 is 0 Å². The quantitative estimate of drug-likeness (QED) is 0.323. The average Bonchev–Trinajstić information content (AvgIpc) is 3.20. The van der Waals surface area contributed by atoms with E-state index < -0.39 is 0 Å². The molecular formula is C25H18Cl2N4O2. The Labute approximate surface area is 199 Å². The SMILES string of the molecule is COc1c(Cl)cc(Cl)cc1C(=O)Nc1cc2nn(-c3cccc4ccccc34)nc2cc1C. The third-order valence-corrected chi connectivity index (χ3v) is 5.91. The van der Waals surface area contributed by atoms with Crippen molar-refractivity contribution in [2.24, 2.45) is 0 Å². The fourth-order valence-electron chi connectivity index (χ4n) is 3.82. The minimum absolute atomic E-state index is 0.244. The fourth-order valence-corrected chi connectivity index (χ4v) is 4.39. The molecule has 33 heavy (non-hydrogen) atoms. The second-order valence-corrected chi connectivity index (χ2v) is 8.41. The molecule has 1 amide bonds. The molecule has 0 atom stereocenters. The summed E-state index contributed by atoms with van der Waals surface area (Å²) in [5.41, 5.74) is 3.95. The number of anilines is 1. The lowest BCUT2D eigenvalue weighted by molar-refractivity contribution is 0.102. The smallest absolute Gasteiger partial charge is 0.259 e. The third kappa shape index (κ3) is 3.88. The van der Waals surface area contributed by atoms with Crippen LogP contribution in [-0.2, 0) is 0 Å². The van der Waals surface area contributed by atoms with Crippen LogP contribution in [0.3, 0.4) is 0 Å². The van der Waals surface area contributed by atoms with E-state index in [1.165, 1.54) is 19.2 Å². The number of hydrogen-bond donors (Lipinski definition) is 1. The number of hydrogen-bond acceptors (Lipinski definition) is 4. The Hall–Kier alpha value is -3.61. The molecule has 164 valence electrons. The summed E-state index contributed by atoms with van der Waals surface area (Å²) in [5, 5.41) is 15.0. The average molecular weight is 477 g/mol. The number of aromatic nitrogens is 3. The van der Waals surface area contributed by atoms with Gasteiger partial charge < -0.3 is 10.1 Å². The number of halogens is 2. The maximum Gasteiger partial charge on any atom is 0.259 e. The minimum atomic E-state index is -0.389. The molecule has 0 bridgehead atoms. The number of benzene rings is 4. The van der Waals surface area contributed by atoms with E-state index in [4.69, 9.17) is 27.9 Å². The predicted molar refractivity (Wildman–Crippen MR) is 132 cm³/mol. The third-order valence-electron chi connectivity index (χ3n) is 5.41. The number of fused-ring (bicyclic) bond motifs is 2. The zero-order chi connectivity index (χ0) is 23.1. The summed E-state index contributed by atoms with van der Waals surface area (Å²) in [4.78, 5) is 14.6. The summed E-state index contributed by atoms with van der Waals surface area (Å²) < 4.78 is 5.30. The molecule has 6 nitrogen and oxygen atoms in total. The van der Waals surface area contributed by atoms with Crippen LogP contribution in [0.1, 0.15) is 15.9 Å². The Balaban J connectivity index is 1.54. The molecule has 0 aliphatic carbocycles. The lowest BCUT2D eigenvalue weighted by Crippen LogP contribution is -2.14. The summed E-state index contributed by atoms with van der Waals surface area (Å²) in [6.45, 7) is 1.90. The first-order chi connectivity index (χ1) is 15.9. The first kappa shape index (κ1) is 21.2. The minimum Gasteiger partial charge on any atom is -0.494 e. The number of carbonyl (C=O) groups excluding carboxylic acids is 1. The van der Waals surface area contributed by atoms with Crippen molar-refractivity contribution in [1.82, 2.24) is 15.0 Å². The van der Waals surface area contributed by atoms with E-state index >= 15 is 0 Å². The van der Waals surface area contributed by atoms with Crippen LogP contribution < -0.4 is 10.1 Å². The van der Waals surface area contributed by atoms with Crippen molar-refractivity contribution < 1.29 is 9.53 Å². The van der Waals surface area contributed by atoms with Crippen molar-refractivity contribution >= 4 is 56.6 Å². The van der Waals surface area contributed by atoms with E-state index in [-0.39, 0.29) is 22.2 Å². The summed E-state index contributed by atoms with van der Waals surface area (Å²) in [7, 11) is 1.45. The second kappa shape index (κ2) is 8.39. The molecule has 0 aliphatic rings. The van der Waals surface area contributed by atoms with Gasteiger partial charge in [-0.1, -0.05) is 59.6 Å². The molecule has 8 heteroatoms. The van der Waals surface area contributed by atoms with Gasteiger partial charge in [-0.25, -0.2) is 0 Å². The molecule has 5 aromatic rings. The topological polar surface area (TPSA) is 69.0 Å². The standard InChI is InChI=1S/C25H18Cl2N4O2/c1-14-10-21-22(30-31(29-21)23-9-5-7-15-6-3-4-8-17(15)23)13-20(14)28-25(32)18-11-16(26)12-19(27)24(18)33-2/h3-13H,1-2H3,(H,28,32). The van der Waals surface area contributed by atoms with Crippen LogP contribution in [0.15, 0.2) is 66.7 Å². The Morgan fingerprint density at radius 2 is 1.70 bits per heavy atom. The van der Waals surface area contributed by atoms with Crippen molar-refractivity contribution in [3.8, 4) is 11.4 Å². The maximum absolute atomic E-state index is 13.0. The van der Waals surface area contributed by atoms with Gasteiger partial charge in [0.15, 0.2) is 0 Å². The molecule has 0 radical (unpaired) electrons. The lowest BCUT2D eigenvalue weighted by Gasteiger charge is -2.12. The number of methoxy groups -OCH3 is 1. The molecule has 0 saturated carbocycles. The Morgan fingerprint density at radius 3 is 2.48 bits per heavy atom. The fraction of sp³-hybridized carbons (Fsp3) is 0.0800. The van der Waals surface area contributed by atoms with Crippen LogP contribution in [0.2, 0.25) is 10.0 Å². The molecule has 5 rings (SSSR count). The van der Waals surface area contributed by atoms with Gasteiger partial charge in [0.1, 0.15) is 16.8 Å². The van der Waals surface area contributed by atoms with Gasteiger partial charge in [0.05, 0.1) is 23.4 Å². The largest absolute Gasteiger partial charge is 0.494 e. The molecule has 1 N–H and O–H groups in total. The normalized spacial score (nSPS) is 11.2. The van der Waals surface area contributed by atoms with Crippen LogP contribution >= 0.6 is 23.2 Å². The van der Waals surface area contributed by atoms with Crippen LogP contribution in [-0.4, -0.2) is 28.0 Å². The Morgan fingerprint density at radius 1 is 0.970 bits per heavy atom. The Kier molecular flexibility index (Phi) is 5.40. The number of nitrogens with one attached hydrogen (secondary N) is 1. The van der Waals surface area contributed by atoms with Gasteiger partial charge in [-0.15, -0.1) is 15.0 Å². The van der Waals surface area contributed by atoms with Crippen molar-refractivity contribution in [1.29, 1.82) is 0 Å². The number of amides is 1. The number of rotatable bonds is 4. The predicted octanol–water partition coefficient (Wildman–Crippen LogP) is 6.45. The highest BCUT2D eigenvalue weighted by atomic mass is 35.5. The molecule has 0 aliphatic heterocycles. The maximum atomic E-state index is 13.0. The zero-order valence-electron chi connectivity index (χ0n) is 17.8. The molecule has 0 fully saturated rings. The molecule has 0 unspecified atom stereocenters. The van der Waals surface area contributed by atoms with E-state index in [0.29, 0.717) is 16.2 Å². The number of carbonyl (C=O) groups is 1. The van der Waals surface area contributed by atoms with E-state index in [2.05, 4.69) is 27.6 Å². The van der Waals surface area contributed by atoms with Crippen molar-refractivity contribution in [3.05, 3.63) is 87.9 Å². The van der Waals surface area contributed by atoms with Crippen LogP contribution in [0.5, 0.6) is 5.75 Å². The van der Waals surface area contributed by atoms with Crippen molar-refractivity contribution in [2.45, 2.75) is 6.92 Å². The summed E-state index contributed by atoms with van der Waals surface area (Å²) >= 11 is 12.3. The molecule has 1 aromatic heterocycles. The monoisotopic (exact) mass is 476 g/mol. The van der Waals surface area contributed by atoms with E-state index in [1.54, 1.807) is 10.9 Å². The molecule has 1 heterocycles. The van der Waals surface area contributed by atoms with Gasteiger partial charge in [-0.2, -0.15) is 0 Å². The van der Waals surface area contributed by atoms with Gasteiger partial charge in [-0.05, 0) is 48.2 Å². The van der Waals surface area contributed by atoms with Gasteiger partial charge in [0.2, 0.25) is 0 Å². The van der Waals surface area contributed by atoms with E-state index in [0.717, 1.165) is 27.5 Å². The summed E-state index contributed by atoms with van der Waals surface area (Å²) in [5.74, 6) is -0.126. The molecule has 0 spiro atoms. The first-order valence-corrected chi connectivity index (χ1v) is 10.9. The highest BCUT2D eigenvalue weighted by molar-refractivity contribution is 6.36. The Bertz CT molecular complexity index is 1540. The highest BCUT2D eigenvalue weighted by Gasteiger charge is 2.18. The van der Waals surface area contributed by atoms with Gasteiger partial charge in [0, 0.05) is 16.1 Å². The second-order valence-electron chi connectivity index (χ2n) is 7.57. The molecular weight excluding hydrogens is 459 g/mol. The van der Waals surface area contributed by atoms with Crippen molar-refractivity contribution in [3.63, 3.8) is 0 Å². The number of nitrogens with zero attached hydrogens (tertiary/aromatic N) is 3. The zero-order valence-corrected chi connectivity index (χ0v) is 19.3. The van der Waals surface area contributed by atoms with Gasteiger partial charge in [0.25, 0.3) is 5.91 Å². The van der Waals surface area contributed by atoms with Crippen LogP contribution in [0.4, 0.5) is 5.69 Å². The molecule has 0 saturated heterocycles. The number of ether oxygens (including phenoxy) is 1. The first-order valence-electron chi connectivity index (χ1n) is 10.1. The summed E-state index contributed by atoms with van der Waals surface area (Å²) in [6.07, 6.45) is 0. The highest BCUT2D eigenvalue weighted by Crippen LogP contribution is 2.33. The van der Waals surface area contributed by atoms with Crippen LogP contribution in [0, 0.1) is 6.92 Å². The van der Waals surface area contributed by atoms with E-state index in [9.17, 15) is 4.79 Å². The van der Waals surface area contributed by atoms with E-state index in [1.807, 2.05) is 43.3 Å². The molecule has 4 aromatic carbocycles. The number of aryl methyl sites for hydroxylation is 1.